The molecule has 2 rings (SSSR count). The molecule has 0 aliphatic carbocycles. The quantitative estimate of drug-likeness (QED) is 0.916. The minimum atomic E-state index is -3.47. The lowest BCUT2D eigenvalue weighted by Crippen LogP contribution is -2.33. The molecule has 4 nitrogen and oxygen atoms in total. The maximum atomic E-state index is 12.4. The van der Waals surface area contributed by atoms with Crippen LogP contribution in [0.4, 0.5) is 0 Å². The van der Waals surface area contributed by atoms with Crippen LogP contribution in [0.25, 0.3) is 0 Å². The van der Waals surface area contributed by atoms with E-state index in [4.69, 9.17) is 0 Å². The SMILES string of the molecule is CCCc1ccc(S(=O)(=O)N2CCC(C)(O)C2)cc1. The van der Waals surface area contributed by atoms with Gasteiger partial charge in [0.25, 0.3) is 0 Å². The van der Waals surface area contributed by atoms with Gasteiger partial charge in [0.2, 0.25) is 10.0 Å². The highest BCUT2D eigenvalue weighted by Crippen LogP contribution is 2.26. The molecule has 1 aromatic rings. The molecule has 106 valence electrons. The number of sulfonamides is 1. The van der Waals surface area contributed by atoms with Gasteiger partial charge in [-0.1, -0.05) is 25.5 Å². The van der Waals surface area contributed by atoms with Gasteiger partial charge in [-0.05, 0) is 37.5 Å². The molecular formula is C14H21NO3S. The van der Waals surface area contributed by atoms with Crippen LogP contribution in [0, 0.1) is 0 Å². The van der Waals surface area contributed by atoms with Gasteiger partial charge >= 0.3 is 0 Å². The van der Waals surface area contributed by atoms with E-state index < -0.39 is 15.6 Å². The first kappa shape index (κ1) is 14.5. The molecule has 1 aliphatic rings. The second kappa shape index (κ2) is 5.23. The van der Waals surface area contributed by atoms with E-state index in [9.17, 15) is 13.5 Å². The van der Waals surface area contributed by atoms with E-state index >= 15 is 0 Å². The number of benzene rings is 1. The smallest absolute Gasteiger partial charge is 0.243 e. The molecule has 0 saturated carbocycles. The molecule has 0 spiro atoms. The molecule has 0 amide bonds. The van der Waals surface area contributed by atoms with Crippen LogP contribution in [-0.2, 0) is 16.4 Å². The summed E-state index contributed by atoms with van der Waals surface area (Å²) in [6.07, 6.45) is 2.49. The summed E-state index contributed by atoms with van der Waals surface area (Å²) >= 11 is 0. The third kappa shape index (κ3) is 3.16. The minimum Gasteiger partial charge on any atom is -0.389 e. The van der Waals surface area contributed by atoms with Crippen LogP contribution in [0.5, 0.6) is 0 Å². The van der Waals surface area contributed by atoms with Crippen molar-refractivity contribution in [3.63, 3.8) is 0 Å². The van der Waals surface area contributed by atoms with Crippen molar-refractivity contribution in [2.24, 2.45) is 0 Å². The van der Waals surface area contributed by atoms with Gasteiger partial charge in [-0.15, -0.1) is 0 Å². The second-order valence-electron chi connectivity index (χ2n) is 5.48. The van der Waals surface area contributed by atoms with Crippen molar-refractivity contribution in [3.8, 4) is 0 Å². The van der Waals surface area contributed by atoms with Crippen LogP contribution < -0.4 is 0 Å². The van der Waals surface area contributed by atoms with Crippen molar-refractivity contribution in [1.82, 2.24) is 4.31 Å². The van der Waals surface area contributed by atoms with Crippen LogP contribution >= 0.6 is 0 Å². The van der Waals surface area contributed by atoms with Crippen molar-refractivity contribution < 1.29 is 13.5 Å². The van der Waals surface area contributed by atoms with Crippen LogP contribution in [0.1, 0.15) is 32.3 Å². The predicted octanol–water partition coefficient (Wildman–Crippen LogP) is 1.78. The fraction of sp³-hybridized carbons (Fsp3) is 0.571. The van der Waals surface area contributed by atoms with Crippen molar-refractivity contribution in [2.75, 3.05) is 13.1 Å². The Morgan fingerprint density at radius 3 is 2.42 bits per heavy atom. The first-order valence-corrected chi connectivity index (χ1v) is 8.11. The zero-order chi connectivity index (χ0) is 14.1. The molecule has 1 heterocycles. The first-order valence-electron chi connectivity index (χ1n) is 6.67. The molecule has 5 heteroatoms. The van der Waals surface area contributed by atoms with Gasteiger partial charge in [0.1, 0.15) is 0 Å². The van der Waals surface area contributed by atoms with Crippen molar-refractivity contribution >= 4 is 10.0 Å². The highest BCUT2D eigenvalue weighted by Gasteiger charge is 2.38. The van der Waals surface area contributed by atoms with Gasteiger partial charge in [0.05, 0.1) is 10.5 Å². The van der Waals surface area contributed by atoms with E-state index in [1.165, 1.54) is 4.31 Å². The average Bonchev–Trinajstić information content (AvgIpc) is 2.71. The van der Waals surface area contributed by atoms with Crippen molar-refractivity contribution in [2.45, 2.75) is 43.6 Å². The largest absolute Gasteiger partial charge is 0.389 e. The summed E-state index contributed by atoms with van der Waals surface area (Å²) in [7, 11) is -3.47. The highest BCUT2D eigenvalue weighted by molar-refractivity contribution is 7.89. The van der Waals surface area contributed by atoms with Crippen molar-refractivity contribution in [3.05, 3.63) is 29.8 Å². The second-order valence-corrected chi connectivity index (χ2v) is 7.42. The van der Waals surface area contributed by atoms with Gasteiger partial charge in [-0.25, -0.2) is 8.42 Å². The Morgan fingerprint density at radius 1 is 1.32 bits per heavy atom. The maximum absolute atomic E-state index is 12.4. The first-order chi connectivity index (χ1) is 8.85. The van der Waals surface area contributed by atoms with Crippen LogP contribution in [0.3, 0.4) is 0 Å². The normalized spacial score (nSPS) is 24.8. The van der Waals surface area contributed by atoms with Gasteiger partial charge in [-0.2, -0.15) is 4.31 Å². The van der Waals surface area contributed by atoms with Gasteiger partial charge in [-0.3, -0.25) is 0 Å². The minimum absolute atomic E-state index is 0.173. The molecule has 1 aromatic carbocycles. The van der Waals surface area contributed by atoms with E-state index in [-0.39, 0.29) is 6.54 Å². The number of hydrogen-bond donors (Lipinski definition) is 1. The summed E-state index contributed by atoms with van der Waals surface area (Å²) < 4.78 is 26.2. The highest BCUT2D eigenvalue weighted by atomic mass is 32.2. The third-order valence-corrected chi connectivity index (χ3v) is 5.38. The molecule has 19 heavy (non-hydrogen) atoms. The third-order valence-electron chi connectivity index (χ3n) is 3.52. The molecule has 1 unspecified atom stereocenters. The lowest BCUT2D eigenvalue weighted by molar-refractivity contribution is 0.0762. The lowest BCUT2D eigenvalue weighted by atomic mass is 10.1. The number of hydrogen-bond acceptors (Lipinski definition) is 3. The van der Waals surface area contributed by atoms with Crippen LogP contribution in [0.15, 0.2) is 29.2 Å². The molecule has 1 atom stereocenters. The molecule has 1 aliphatic heterocycles. The Kier molecular flexibility index (Phi) is 3.99. The Morgan fingerprint density at radius 2 is 1.95 bits per heavy atom. The topological polar surface area (TPSA) is 57.6 Å². The Hall–Kier alpha value is -0.910. The van der Waals surface area contributed by atoms with E-state index in [0.29, 0.717) is 17.9 Å². The van der Waals surface area contributed by atoms with E-state index in [2.05, 4.69) is 6.92 Å². The Labute approximate surface area is 115 Å². The molecular weight excluding hydrogens is 262 g/mol. The molecule has 1 N–H and O–H groups in total. The number of rotatable bonds is 4. The zero-order valence-electron chi connectivity index (χ0n) is 11.5. The maximum Gasteiger partial charge on any atom is 0.243 e. The molecule has 1 saturated heterocycles. The van der Waals surface area contributed by atoms with Gasteiger partial charge in [0, 0.05) is 13.1 Å². The molecule has 0 radical (unpaired) electrons. The average molecular weight is 283 g/mol. The molecule has 0 bridgehead atoms. The summed E-state index contributed by atoms with van der Waals surface area (Å²) in [6, 6.07) is 7.05. The standard InChI is InChI=1S/C14H21NO3S/c1-3-4-12-5-7-13(8-6-12)19(17,18)15-10-9-14(2,16)11-15/h5-8,16H,3-4,9-11H2,1-2H3. The van der Waals surface area contributed by atoms with Crippen LogP contribution in [0.2, 0.25) is 0 Å². The van der Waals surface area contributed by atoms with E-state index in [1.807, 2.05) is 12.1 Å². The van der Waals surface area contributed by atoms with Gasteiger partial charge in [0.15, 0.2) is 0 Å². The number of aliphatic hydroxyl groups is 1. The summed E-state index contributed by atoms with van der Waals surface area (Å²) in [5.74, 6) is 0. The summed E-state index contributed by atoms with van der Waals surface area (Å²) in [4.78, 5) is 0.310. The summed E-state index contributed by atoms with van der Waals surface area (Å²) in [6.45, 7) is 4.32. The number of nitrogens with zero attached hydrogens (tertiary/aromatic N) is 1. The number of β-amino-alcohol motifs (C(OH)–C–C–N with tert-alkyl or cyclic N) is 1. The predicted molar refractivity (Wildman–Crippen MR) is 74.4 cm³/mol. The Balaban J connectivity index is 2.20. The van der Waals surface area contributed by atoms with E-state index in [0.717, 1.165) is 18.4 Å². The fourth-order valence-electron chi connectivity index (χ4n) is 2.37. The van der Waals surface area contributed by atoms with Crippen LogP contribution in [-0.4, -0.2) is 36.5 Å². The van der Waals surface area contributed by atoms with E-state index in [1.54, 1.807) is 19.1 Å². The number of aryl methyl sites for hydroxylation is 1. The zero-order valence-corrected chi connectivity index (χ0v) is 12.3. The monoisotopic (exact) mass is 283 g/mol. The molecule has 1 fully saturated rings. The molecule has 0 aromatic heterocycles. The lowest BCUT2D eigenvalue weighted by Gasteiger charge is -2.19. The Bertz CT molecular complexity index is 534. The fourth-order valence-corrected chi connectivity index (χ4v) is 3.93. The summed E-state index contributed by atoms with van der Waals surface area (Å²) in [5.41, 5.74) is 0.241. The van der Waals surface area contributed by atoms with Crippen molar-refractivity contribution in [1.29, 1.82) is 0 Å². The summed E-state index contributed by atoms with van der Waals surface area (Å²) in [5, 5.41) is 9.88. The van der Waals surface area contributed by atoms with Gasteiger partial charge < -0.3 is 5.11 Å².